The first-order chi connectivity index (χ1) is 14.8. The fourth-order valence-corrected chi connectivity index (χ4v) is 4.29. The third kappa shape index (κ3) is 5.45. The third-order valence-corrected chi connectivity index (χ3v) is 6.00. The highest BCUT2D eigenvalue weighted by molar-refractivity contribution is 7.89. The van der Waals surface area contributed by atoms with Gasteiger partial charge in [0.2, 0.25) is 0 Å². The van der Waals surface area contributed by atoms with E-state index < -0.39 is 9.84 Å². The maximum Gasteiger partial charge on any atom is 0.159 e. The van der Waals surface area contributed by atoms with Crippen LogP contribution in [0.5, 0.6) is 0 Å². The van der Waals surface area contributed by atoms with Crippen LogP contribution in [0.2, 0.25) is 0 Å². The second-order valence-electron chi connectivity index (χ2n) is 8.11. The number of rotatable bonds is 10. The van der Waals surface area contributed by atoms with Crippen molar-refractivity contribution in [2.75, 3.05) is 49.0 Å². The minimum atomic E-state index is -3.19. The summed E-state index contributed by atoms with van der Waals surface area (Å²) < 4.78 is 25.9. The maximum atomic E-state index is 12.0. The lowest BCUT2D eigenvalue weighted by Gasteiger charge is -2.23. The molecule has 4 rings (SSSR count). The molecule has 166 valence electrons. The van der Waals surface area contributed by atoms with Crippen LogP contribution in [0, 0.1) is 0 Å². The van der Waals surface area contributed by atoms with Gasteiger partial charge in [0.25, 0.3) is 0 Å². The number of benzene rings is 1. The van der Waals surface area contributed by atoms with E-state index in [2.05, 4.69) is 30.9 Å². The molecular formula is C21H29N7O2S. The van der Waals surface area contributed by atoms with Crippen molar-refractivity contribution in [2.24, 2.45) is 0 Å². The molecule has 0 unspecified atom stereocenters. The molecule has 1 fully saturated rings. The smallest absolute Gasteiger partial charge is 0.159 e. The van der Waals surface area contributed by atoms with Crippen molar-refractivity contribution in [3.8, 4) is 0 Å². The maximum absolute atomic E-state index is 12.0. The second kappa shape index (κ2) is 8.72. The average molecular weight is 444 g/mol. The van der Waals surface area contributed by atoms with E-state index in [0.717, 1.165) is 54.3 Å². The van der Waals surface area contributed by atoms with Gasteiger partial charge in [-0.1, -0.05) is 0 Å². The zero-order valence-electron chi connectivity index (χ0n) is 18.1. The van der Waals surface area contributed by atoms with Crippen molar-refractivity contribution in [3.63, 3.8) is 0 Å². The lowest BCUT2D eigenvalue weighted by atomic mass is 10.1. The third-order valence-electron chi connectivity index (χ3n) is 5.17. The summed E-state index contributed by atoms with van der Waals surface area (Å²) in [4.78, 5) is 6.70. The Morgan fingerprint density at radius 3 is 2.74 bits per heavy atom. The Kier molecular flexibility index (Phi) is 6.01. The van der Waals surface area contributed by atoms with Crippen molar-refractivity contribution in [2.45, 2.75) is 24.6 Å². The number of fused-ring (bicyclic) bond motifs is 1. The van der Waals surface area contributed by atoms with Gasteiger partial charge >= 0.3 is 0 Å². The lowest BCUT2D eigenvalue weighted by Crippen LogP contribution is -2.28. The van der Waals surface area contributed by atoms with Gasteiger partial charge in [0.1, 0.15) is 11.6 Å². The monoisotopic (exact) mass is 443 g/mol. The first-order valence-corrected chi connectivity index (χ1v) is 12.4. The van der Waals surface area contributed by atoms with Crippen molar-refractivity contribution in [3.05, 3.63) is 42.1 Å². The molecule has 0 spiro atoms. The summed E-state index contributed by atoms with van der Waals surface area (Å²) in [6.07, 6.45) is 5.30. The average Bonchev–Trinajstić information content (AvgIpc) is 3.38. The van der Waals surface area contributed by atoms with E-state index in [4.69, 9.17) is 0 Å². The number of hydrogen-bond acceptors (Lipinski definition) is 8. The van der Waals surface area contributed by atoms with E-state index in [0.29, 0.717) is 11.9 Å². The van der Waals surface area contributed by atoms with E-state index in [9.17, 15) is 8.42 Å². The highest BCUT2D eigenvalue weighted by Gasteiger charge is 2.22. The summed E-state index contributed by atoms with van der Waals surface area (Å²) in [6.45, 7) is 1.58. The van der Waals surface area contributed by atoms with E-state index >= 15 is 0 Å². The summed E-state index contributed by atoms with van der Waals surface area (Å²) in [5.41, 5.74) is 3.19. The molecule has 2 aromatic heterocycles. The van der Waals surface area contributed by atoms with Crippen LogP contribution in [0.25, 0.3) is 5.65 Å². The number of aromatic nitrogens is 3. The molecular weight excluding hydrogens is 414 g/mol. The van der Waals surface area contributed by atoms with Gasteiger partial charge in [0.05, 0.1) is 11.9 Å². The molecule has 3 aromatic rings. The van der Waals surface area contributed by atoms with Crippen LogP contribution in [0.3, 0.4) is 0 Å². The molecule has 0 radical (unpaired) electrons. The number of nitrogens with zero attached hydrogens (tertiary/aromatic N) is 4. The zero-order valence-corrected chi connectivity index (χ0v) is 18.9. The fourth-order valence-electron chi connectivity index (χ4n) is 3.50. The lowest BCUT2D eigenvalue weighted by molar-refractivity contribution is 0.601. The Hall–Kier alpha value is -2.85. The number of anilines is 4. The van der Waals surface area contributed by atoms with Crippen molar-refractivity contribution < 1.29 is 8.42 Å². The Bertz CT molecular complexity index is 1170. The number of likely N-dealkylation sites (N-methyl/N-ethyl adjacent to an activating group) is 2. The molecule has 2 heterocycles. The van der Waals surface area contributed by atoms with Gasteiger partial charge in [-0.2, -0.15) is 9.61 Å². The summed E-state index contributed by atoms with van der Waals surface area (Å²) in [7, 11) is 0.681. The van der Waals surface area contributed by atoms with E-state index in [1.165, 1.54) is 6.26 Å². The summed E-state index contributed by atoms with van der Waals surface area (Å²) in [5.74, 6) is 1.54. The molecule has 0 amide bonds. The van der Waals surface area contributed by atoms with Gasteiger partial charge in [0, 0.05) is 55.9 Å². The van der Waals surface area contributed by atoms with Crippen LogP contribution >= 0.6 is 0 Å². The Labute approximate surface area is 182 Å². The SMILES string of the molecule is CNCCN(C)c1ccc(Nc2cc(NC3CC3)n3nccc3n2)cc1CS(C)(=O)=O. The molecule has 0 bridgehead atoms. The largest absolute Gasteiger partial charge is 0.373 e. The molecule has 31 heavy (non-hydrogen) atoms. The number of nitrogens with one attached hydrogen (secondary N) is 3. The normalized spacial score (nSPS) is 14.0. The van der Waals surface area contributed by atoms with Crippen LogP contribution in [-0.4, -0.2) is 62.5 Å². The highest BCUT2D eigenvalue weighted by atomic mass is 32.2. The standard InChI is InChI=1S/C21H29N7O2S/c1-22-10-11-27(2)18-7-6-17(12-15(18)14-31(3,29)30)24-19-13-21(25-16-4-5-16)28-20(26-19)8-9-23-28/h6-9,12-13,16,22,25H,4-5,10-11,14H2,1-3H3,(H,24,26). The van der Waals surface area contributed by atoms with Gasteiger partial charge in [-0.05, 0) is 43.7 Å². The molecule has 1 aliphatic rings. The number of hydrogen-bond donors (Lipinski definition) is 3. The van der Waals surface area contributed by atoms with Crippen LogP contribution in [0.4, 0.5) is 23.0 Å². The summed E-state index contributed by atoms with van der Waals surface area (Å²) in [5, 5.41) is 14.3. The molecule has 0 aliphatic heterocycles. The molecule has 0 atom stereocenters. The predicted molar refractivity (Wildman–Crippen MR) is 125 cm³/mol. The minimum absolute atomic E-state index is 0.0225. The van der Waals surface area contributed by atoms with E-state index in [1.54, 1.807) is 10.7 Å². The van der Waals surface area contributed by atoms with Gasteiger partial charge in [-0.25, -0.2) is 13.4 Å². The molecule has 10 heteroatoms. The van der Waals surface area contributed by atoms with Crippen molar-refractivity contribution >= 4 is 38.5 Å². The molecule has 1 saturated carbocycles. The van der Waals surface area contributed by atoms with Crippen molar-refractivity contribution in [1.29, 1.82) is 0 Å². The first kappa shape index (κ1) is 21.4. The van der Waals surface area contributed by atoms with Gasteiger partial charge < -0.3 is 20.9 Å². The Morgan fingerprint density at radius 1 is 1.23 bits per heavy atom. The molecule has 3 N–H and O–H groups in total. The van der Waals surface area contributed by atoms with Crippen LogP contribution < -0.4 is 20.9 Å². The van der Waals surface area contributed by atoms with Crippen LogP contribution in [-0.2, 0) is 15.6 Å². The topological polar surface area (TPSA) is 104 Å². The van der Waals surface area contributed by atoms with E-state index in [-0.39, 0.29) is 5.75 Å². The molecule has 0 saturated heterocycles. The van der Waals surface area contributed by atoms with Crippen LogP contribution in [0.1, 0.15) is 18.4 Å². The van der Waals surface area contributed by atoms with Crippen LogP contribution in [0.15, 0.2) is 36.5 Å². The second-order valence-corrected chi connectivity index (χ2v) is 10.3. The molecule has 1 aromatic carbocycles. The first-order valence-electron chi connectivity index (χ1n) is 10.4. The quantitative estimate of drug-likeness (QED) is 0.438. The number of sulfone groups is 1. The molecule has 9 nitrogen and oxygen atoms in total. The zero-order chi connectivity index (χ0) is 22.0. The molecule has 1 aliphatic carbocycles. The summed E-state index contributed by atoms with van der Waals surface area (Å²) in [6, 6.07) is 10.1. The summed E-state index contributed by atoms with van der Waals surface area (Å²) >= 11 is 0. The van der Waals surface area contributed by atoms with E-state index in [1.807, 2.05) is 44.4 Å². The predicted octanol–water partition coefficient (Wildman–Crippen LogP) is 2.25. The minimum Gasteiger partial charge on any atom is -0.373 e. The Morgan fingerprint density at radius 2 is 2.03 bits per heavy atom. The highest BCUT2D eigenvalue weighted by Crippen LogP contribution is 2.29. The van der Waals surface area contributed by atoms with Gasteiger partial charge in [-0.15, -0.1) is 0 Å². The van der Waals surface area contributed by atoms with Gasteiger partial charge in [-0.3, -0.25) is 0 Å². The fraction of sp³-hybridized carbons (Fsp3) is 0.429. The van der Waals surface area contributed by atoms with Crippen molar-refractivity contribution in [1.82, 2.24) is 19.9 Å². The van der Waals surface area contributed by atoms with Gasteiger partial charge in [0.15, 0.2) is 15.5 Å². The Balaban J connectivity index is 1.64.